The number of nitrogens with zero attached hydrogens (tertiary/aromatic N) is 1. The van der Waals surface area contributed by atoms with Crippen LogP contribution >= 0.6 is 11.3 Å². The van der Waals surface area contributed by atoms with E-state index in [4.69, 9.17) is 5.73 Å². The predicted molar refractivity (Wildman–Crippen MR) is 79.1 cm³/mol. The lowest BCUT2D eigenvalue weighted by Crippen LogP contribution is -2.25. The summed E-state index contributed by atoms with van der Waals surface area (Å²) in [4.78, 5) is 2.46. The molecule has 2 aromatic rings. The molecule has 2 N–H and O–H groups in total. The summed E-state index contributed by atoms with van der Waals surface area (Å²) >= 11 is 1.76. The third kappa shape index (κ3) is 2.23. The van der Waals surface area contributed by atoms with Gasteiger partial charge in [-0.15, -0.1) is 0 Å². The van der Waals surface area contributed by atoms with Crippen molar-refractivity contribution in [3.63, 3.8) is 0 Å². The Labute approximate surface area is 112 Å². The first kappa shape index (κ1) is 11.6. The minimum Gasteiger partial charge on any atom is -0.397 e. The van der Waals surface area contributed by atoms with Crippen LogP contribution in [0.15, 0.2) is 35.0 Å². The highest BCUT2D eigenvalue weighted by molar-refractivity contribution is 7.07. The highest BCUT2D eigenvalue weighted by Gasteiger charge is 2.30. The molecular formula is C15H18N2S. The van der Waals surface area contributed by atoms with Crippen molar-refractivity contribution in [2.45, 2.75) is 32.4 Å². The first-order valence-corrected chi connectivity index (χ1v) is 7.33. The molecule has 0 amide bonds. The van der Waals surface area contributed by atoms with Gasteiger partial charge in [0.05, 0.1) is 11.4 Å². The third-order valence-corrected chi connectivity index (χ3v) is 4.26. The monoisotopic (exact) mass is 258 g/mol. The highest BCUT2D eigenvalue weighted by Crippen LogP contribution is 2.37. The van der Waals surface area contributed by atoms with Crippen LogP contribution in [0.5, 0.6) is 0 Å². The summed E-state index contributed by atoms with van der Waals surface area (Å²) < 4.78 is 0. The number of benzene rings is 1. The minimum atomic E-state index is 0.675. The normalized spacial score (nSPS) is 14.7. The van der Waals surface area contributed by atoms with E-state index in [-0.39, 0.29) is 0 Å². The third-order valence-electron chi connectivity index (χ3n) is 3.53. The Bertz CT molecular complexity index is 529. The zero-order valence-corrected chi connectivity index (χ0v) is 11.4. The van der Waals surface area contributed by atoms with Crippen molar-refractivity contribution in [1.29, 1.82) is 0 Å². The van der Waals surface area contributed by atoms with E-state index in [1.807, 2.05) is 0 Å². The van der Waals surface area contributed by atoms with Gasteiger partial charge >= 0.3 is 0 Å². The molecule has 0 bridgehead atoms. The van der Waals surface area contributed by atoms with Gasteiger partial charge in [-0.25, -0.2) is 0 Å². The van der Waals surface area contributed by atoms with Gasteiger partial charge in [-0.1, -0.05) is 12.1 Å². The van der Waals surface area contributed by atoms with Gasteiger partial charge in [-0.2, -0.15) is 11.3 Å². The maximum atomic E-state index is 6.24. The average Bonchev–Trinajstić information content (AvgIpc) is 3.08. The second kappa shape index (κ2) is 4.65. The molecule has 1 aromatic heterocycles. The topological polar surface area (TPSA) is 29.3 Å². The highest BCUT2D eigenvalue weighted by atomic mass is 32.1. The number of para-hydroxylation sites is 1. The molecule has 0 saturated heterocycles. The number of thiophene rings is 1. The average molecular weight is 258 g/mol. The number of hydrogen-bond acceptors (Lipinski definition) is 3. The van der Waals surface area contributed by atoms with Crippen LogP contribution in [0.3, 0.4) is 0 Å². The molecule has 0 spiro atoms. The van der Waals surface area contributed by atoms with Crippen LogP contribution in [0.25, 0.3) is 0 Å². The fourth-order valence-corrected chi connectivity index (χ4v) is 2.95. The van der Waals surface area contributed by atoms with Crippen molar-refractivity contribution in [2.75, 3.05) is 10.6 Å². The summed E-state index contributed by atoms with van der Waals surface area (Å²) in [5, 5.41) is 4.36. The van der Waals surface area contributed by atoms with Gasteiger partial charge in [0.1, 0.15) is 0 Å². The fourth-order valence-electron chi connectivity index (χ4n) is 2.29. The fraction of sp³-hybridized carbons (Fsp3) is 0.333. The van der Waals surface area contributed by atoms with Gasteiger partial charge in [0.25, 0.3) is 0 Å². The van der Waals surface area contributed by atoms with Crippen LogP contribution in [0, 0.1) is 6.92 Å². The Morgan fingerprint density at radius 1 is 1.33 bits per heavy atom. The number of nitrogen functional groups attached to an aromatic ring is 1. The van der Waals surface area contributed by atoms with Crippen LogP contribution in [0.4, 0.5) is 11.4 Å². The van der Waals surface area contributed by atoms with Gasteiger partial charge in [0, 0.05) is 12.6 Å². The van der Waals surface area contributed by atoms with Crippen molar-refractivity contribution in [3.8, 4) is 0 Å². The molecule has 0 atom stereocenters. The molecule has 1 aromatic carbocycles. The van der Waals surface area contributed by atoms with Crippen LogP contribution in [0.2, 0.25) is 0 Å². The van der Waals surface area contributed by atoms with E-state index in [9.17, 15) is 0 Å². The predicted octanol–water partition coefficient (Wildman–Crippen LogP) is 3.81. The van der Waals surface area contributed by atoms with Crippen LogP contribution in [-0.2, 0) is 6.54 Å². The summed E-state index contributed by atoms with van der Waals surface area (Å²) in [6.07, 6.45) is 2.58. The Kier molecular flexibility index (Phi) is 3.00. The van der Waals surface area contributed by atoms with Gasteiger partial charge in [-0.05, 0) is 53.8 Å². The number of aryl methyl sites for hydroxylation is 1. The van der Waals surface area contributed by atoms with Crippen molar-refractivity contribution in [3.05, 3.63) is 46.2 Å². The van der Waals surface area contributed by atoms with E-state index < -0.39 is 0 Å². The molecule has 0 radical (unpaired) electrons. The first-order valence-electron chi connectivity index (χ1n) is 6.38. The Morgan fingerprint density at radius 3 is 2.83 bits per heavy atom. The molecule has 1 fully saturated rings. The maximum Gasteiger partial charge on any atom is 0.0608 e. The molecule has 1 aliphatic carbocycles. The standard InChI is InChI=1S/C15H18N2S/c1-11-3-2-4-14(15(11)16)17(13-5-6-13)9-12-7-8-18-10-12/h2-4,7-8,10,13H,5-6,9,16H2,1H3. The zero-order chi connectivity index (χ0) is 12.5. The van der Waals surface area contributed by atoms with Crippen LogP contribution in [0.1, 0.15) is 24.0 Å². The molecule has 1 saturated carbocycles. The molecule has 3 heteroatoms. The largest absolute Gasteiger partial charge is 0.397 e. The molecule has 0 aliphatic heterocycles. The van der Waals surface area contributed by atoms with Gasteiger partial charge in [-0.3, -0.25) is 0 Å². The molecule has 94 valence electrons. The van der Waals surface area contributed by atoms with Gasteiger partial charge < -0.3 is 10.6 Å². The number of rotatable bonds is 4. The summed E-state index contributed by atoms with van der Waals surface area (Å²) in [5.74, 6) is 0. The smallest absolute Gasteiger partial charge is 0.0608 e. The molecule has 1 aliphatic rings. The van der Waals surface area contributed by atoms with Crippen LogP contribution < -0.4 is 10.6 Å². The number of hydrogen-bond donors (Lipinski definition) is 1. The lowest BCUT2D eigenvalue weighted by Gasteiger charge is -2.26. The van der Waals surface area contributed by atoms with Gasteiger partial charge in [0.15, 0.2) is 0 Å². The zero-order valence-electron chi connectivity index (χ0n) is 10.6. The quantitative estimate of drug-likeness (QED) is 0.845. The van der Waals surface area contributed by atoms with E-state index in [0.717, 1.165) is 12.2 Å². The lowest BCUT2D eigenvalue weighted by molar-refractivity contribution is 0.797. The summed E-state index contributed by atoms with van der Waals surface area (Å²) in [6, 6.07) is 9.20. The van der Waals surface area contributed by atoms with Crippen molar-refractivity contribution >= 4 is 22.7 Å². The minimum absolute atomic E-state index is 0.675. The van der Waals surface area contributed by atoms with E-state index in [2.05, 4.69) is 46.8 Å². The Morgan fingerprint density at radius 2 is 2.17 bits per heavy atom. The van der Waals surface area contributed by atoms with Crippen molar-refractivity contribution < 1.29 is 0 Å². The summed E-state index contributed by atoms with van der Waals surface area (Å²) in [5.41, 5.74) is 10.9. The van der Waals surface area contributed by atoms with Gasteiger partial charge in [0.2, 0.25) is 0 Å². The molecule has 3 rings (SSSR count). The summed E-state index contributed by atoms with van der Waals surface area (Å²) in [6.45, 7) is 3.05. The van der Waals surface area contributed by atoms with Crippen LogP contribution in [-0.4, -0.2) is 6.04 Å². The second-order valence-electron chi connectivity index (χ2n) is 5.00. The van der Waals surface area contributed by atoms with E-state index >= 15 is 0 Å². The second-order valence-corrected chi connectivity index (χ2v) is 5.78. The molecular weight excluding hydrogens is 240 g/mol. The number of nitrogens with two attached hydrogens (primary N) is 1. The molecule has 18 heavy (non-hydrogen) atoms. The molecule has 2 nitrogen and oxygen atoms in total. The SMILES string of the molecule is Cc1cccc(N(Cc2ccsc2)C2CC2)c1N. The molecule has 1 heterocycles. The molecule has 0 unspecified atom stereocenters. The van der Waals surface area contributed by atoms with E-state index in [0.29, 0.717) is 6.04 Å². The van der Waals surface area contributed by atoms with Crippen molar-refractivity contribution in [1.82, 2.24) is 0 Å². The Balaban J connectivity index is 1.91. The van der Waals surface area contributed by atoms with Crippen molar-refractivity contribution in [2.24, 2.45) is 0 Å². The maximum absolute atomic E-state index is 6.24. The summed E-state index contributed by atoms with van der Waals surface area (Å²) in [7, 11) is 0. The lowest BCUT2D eigenvalue weighted by atomic mass is 10.1. The van der Waals surface area contributed by atoms with E-state index in [1.165, 1.54) is 29.7 Å². The van der Waals surface area contributed by atoms with E-state index in [1.54, 1.807) is 11.3 Å². The number of anilines is 2. The first-order chi connectivity index (χ1) is 8.75. The Hall–Kier alpha value is -1.48.